The van der Waals surface area contributed by atoms with Crippen molar-refractivity contribution in [3.05, 3.63) is 35.9 Å². The van der Waals surface area contributed by atoms with E-state index in [1.165, 1.54) is 5.56 Å². The van der Waals surface area contributed by atoms with Crippen LogP contribution in [0.15, 0.2) is 30.3 Å². The van der Waals surface area contributed by atoms with Gasteiger partial charge in [-0.15, -0.1) is 0 Å². The first-order valence-electron chi connectivity index (χ1n) is 8.48. The Morgan fingerprint density at radius 1 is 1.23 bits per heavy atom. The number of hydrogen-bond acceptors (Lipinski definition) is 3. The second-order valence-electron chi connectivity index (χ2n) is 6.41. The third kappa shape index (κ3) is 3.50. The standard InChI is InChI=1S/C18H26N2O2/c19-13-16-10-11-17(22-16)18(21)20-12-4-7-15(20)9-8-14-5-2-1-3-6-14/h1-3,5-6,15-17H,4,7-13,19H2/t15?,16-,17+/m1/s1. The van der Waals surface area contributed by atoms with Crippen LogP contribution >= 0.6 is 0 Å². The van der Waals surface area contributed by atoms with Gasteiger partial charge in [-0.1, -0.05) is 30.3 Å². The van der Waals surface area contributed by atoms with Gasteiger partial charge < -0.3 is 15.4 Å². The van der Waals surface area contributed by atoms with Crippen LogP contribution in [0.25, 0.3) is 0 Å². The largest absolute Gasteiger partial charge is 0.364 e. The molecule has 0 saturated carbocycles. The number of likely N-dealkylation sites (tertiary alicyclic amines) is 1. The number of hydrogen-bond donors (Lipinski definition) is 1. The average Bonchev–Trinajstić information content (AvgIpc) is 3.22. The Morgan fingerprint density at radius 2 is 2.05 bits per heavy atom. The minimum atomic E-state index is -0.258. The number of benzene rings is 1. The molecular formula is C18H26N2O2. The second-order valence-corrected chi connectivity index (χ2v) is 6.41. The van der Waals surface area contributed by atoms with Crippen molar-refractivity contribution in [2.24, 2.45) is 5.73 Å². The fraction of sp³-hybridized carbons (Fsp3) is 0.611. The van der Waals surface area contributed by atoms with E-state index < -0.39 is 0 Å². The minimum Gasteiger partial charge on any atom is -0.364 e. The highest BCUT2D eigenvalue weighted by Gasteiger charge is 2.37. The summed E-state index contributed by atoms with van der Waals surface area (Å²) >= 11 is 0. The summed E-state index contributed by atoms with van der Waals surface area (Å²) in [7, 11) is 0. The predicted molar refractivity (Wildman–Crippen MR) is 86.4 cm³/mol. The Kier molecular flexibility index (Phi) is 5.11. The highest BCUT2D eigenvalue weighted by atomic mass is 16.5. The molecule has 2 aliphatic rings. The minimum absolute atomic E-state index is 0.0688. The van der Waals surface area contributed by atoms with E-state index in [0.29, 0.717) is 12.6 Å². The van der Waals surface area contributed by atoms with Gasteiger partial charge in [0, 0.05) is 19.1 Å². The summed E-state index contributed by atoms with van der Waals surface area (Å²) in [5, 5.41) is 0. The normalized spacial score (nSPS) is 28.2. The van der Waals surface area contributed by atoms with Crippen LogP contribution in [0.5, 0.6) is 0 Å². The molecule has 1 unspecified atom stereocenters. The third-order valence-electron chi connectivity index (χ3n) is 4.92. The molecule has 2 N–H and O–H groups in total. The summed E-state index contributed by atoms with van der Waals surface area (Å²) in [6.07, 6.45) is 5.85. The van der Waals surface area contributed by atoms with Crippen LogP contribution < -0.4 is 5.73 Å². The highest BCUT2D eigenvalue weighted by molar-refractivity contribution is 5.81. The zero-order chi connectivity index (χ0) is 15.4. The monoisotopic (exact) mass is 302 g/mol. The van der Waals surface area contributed by atoms with Gasteiger partial charge in [0.15, 0.2) is 0 Å². The van der Waals surface area contributed by atoms with Gasteiger partial charge in [-0.3, -0.25) is 4.79 Å². The molecule has 0 aliphatic carbocycles. The van der Waals surface area contributed by atoms with Crippen molar-refractivity contribution in [3.8, 4) is 0 Å². The molecule has 2 heterocycles. The van der Waals surface area contributed by atoms with Crippen LogP contribution in [-0.2, 0) is 16.0 Å². The molecular weight excluding hydrogens is 276 g/mol. The molecule has 0 aromatic heterocycles. The maximum absolute atomic E-state index is 12.7. The molecule has 0 spiro atoms. The van der Waals surface area contributed by atoms with Crippen LogP contribution in [0, 0.1) is 0 Å². The fourth-order valence-corrected chi connectivity index (χ4v) is 3.65. The maximum Gasteiger partial charge on any atom is 0.251 e. The lowest BCUT2D eigenvalue weighted by molar-refractivity contribution is -0.143. The van der Waals surface area contributed by atoms with Crippen molar-refractivity contribution < 1.29 is 9.53 Å². The van der Waals surface area contributed by atoms with Gasteiger partial charge >= 0.3 is 0 Å². The molecule has 2 fully saturated rings. The van der Waals surface area contributed by atoms with Crippen molar-refractivity contribution >= 4 is 5.91 Å². The van der Waals surface area contributed by atoms with E-state index >= 15 is 0 Å². The molecule has 2 aliphatic heterocycles. The van der Waals surface area contributed by atoms with E-state index in [-0.39, 0.29) is 18.1 Å². The van der Waals surface area contributed by atoms with E-state index in [4.69, 9.17) is 10.5 Å². The molecule has 1 aromatic carbocycles. The molecule has 3 rings (SSSR count). The van der Waals surface area contributed by atoms with E-state index in [2.05, 4.69) is 29.2 Å². The van der Waals surface area contributed by atoms with E-state index in [1.54, 1.807) is 0 Å². The molecule has 22 heavy (non-hydrogen) atoms. The Morgan fingerprint density at radius 3 is 2.77 bits per heavy atom. The number of aryl methyl sites for hydroxylation is 1. The van der Waals surface area contributed by atoms with Crippen molar-refractivity contribution in [1.82, 2.24) is 4.90 Å². The smallest absolute Gasteiger partial charge is 0.251 e. The SMILES string of the molecule is NC[C@H]1CC[C@@H](C(=O)N2CCCC2CCc2ccccc2)O1. The zero-order valence-corrected chi connectivity index (χ0v) is 13.1. The summed E-state index contributed by atoms with van der Waals surface area (Å²) in [5.74, 6) is 0.187. The summed E-state index contributed by atoms with van der Waals surface area (Å²) < 4.78 is 5.78. The summed E-state index contributed by atoms with van der Waals surface area (Å²) in [6.45, 7) is 1.40. The Hall–Kier alpha value is -1.39. The number of rotatable bonds is 5. The summed E-state index contributed by atoms with van der Waals surface area (Å²) in [5.41, 5.74) is 6.99. The van der Waals surface area contributed by atoms with Crippen LogP contribution in [0.3, 0.4) is 0 Å². The Balaban J connectivity index is 1.55. The van der Waals surface area contributed by atoms with Crippen molar-refractivity contribution in [3.63, 3.8) is 0 Å². The van der Waals surface area contributed by atoms with Gasteiger partial charge in [-0.2, -0.15) is 0 Å². The topological polar surface area (TPSA) is 55.6 Å². The van der Waals surface area contributed by atoms with Gasteiger partial charge in [0.05, 0.1) is 6.10 Å². The molecule has 4 nitrogen and oxygen atoms in total. The van der Waals surface area contributed by atoms with E-state index in [1.807, 2.05) is 6.07 Å². The quantitative estimate of drug-likeness (QED) is 0.906. The van der Waals surface area contributed by atoms with Gasteiger partial charge in [0.1, 0.15) is 6.10 Å². The first-order chi connectivity index (χ1) is 10.8. The van der Waals surface area contributed by atoms with Crippen LogP contribution in [0.2, 0.25) is 0 Å². The summed E-state index contributed by atoms with van der Waals surface area (Å²) in [4.78, 5) is 14.8. The third-order valence-corrected chi connectivity index (χ3v) is 4.92. The van der Waals surface area contributed by atoms with Crippen LogP contribution in [0.1, 0.15) is 37.7 Å². The molecule has 4 heteroatoms. The van der Waals surface area contributed by atoms with Crippen molar-refractivity contribution in [1.29, 1.82) is 0 Å². The average molecular weight is 302 g/mol. The zero-order valence-electron chi connectivity index (χ0n) is 13.1. The maximum atomic E-state index is 12.7. The van der Waals surface area contributed by atoms with Crippen molar-refractivity contribution in [2.45, 2.75) is 56.8 Å². The van der Waals surface area contributed by atoms with Crippen LogP contribution in [-0.4, -0.2) is 42.1 Å². The molecule has 1 amide bonds. The van der Waals surface area contributed by atoms with Gasteiger partial charge in [0.25, 0.3) is 5.91 Å². The van der Waals surface area contributed by atoms with Gasteiger partial charge in [-0.25, -0.2) is 0 Å². The lowest BCUT2D eigenvalue weighted by Gasteiger charge is -2.27. The number of amides is 1. The lowest BCUT2D eigenvalue weighted by Crippen LogP contribution is -2.42. The number of nitrogens with two attached hydrogens (primary N) is 1. The molecule has 3 atom stereocenters. The summed E-state index contributed by atoms with van der Waals surface area (Å²) in [6, 6.07) is 10.9. The predicted octanol–water partition coefficient (Wildman–Crippen LogP) is 2.12. The number of ether oxygens (including phenoxy) is 1. The van der Waals surface area contributed by atoms with E-state index in [9.17, 15) is 4.79 Å². The number of nitrogens with zero attached hydrogens (tertiary/aromatic N) is 1. The van der Waals surface area contributed by atoms with Crippen molar-refractivity contribution in [2.75, 3.05) is 13.1 Å². The molecule has 0 radical (unpaired) electrons. The van der Waals surface area contributed by atoms with Crippen LogP contribution in [0.4, 0.5) is 0 Å². The second kappa shape index (κ2) is 7.25. The van der Waals surface area contributed by atoms with E-state index in [0.717, 1.165) is 45.1 Å². The molecule has 120 valence electrons. The lowest BCUT2D eigenvalue weighted by atomic mass is 10.0. The first kappa shape index (κ1) is 15.5. The molecule has 1 aromatic rings. The Bertz CT molecular complexity index is 491. The number of carbonyl (C=O) groups excluding carboxylic acids is 1. The number of carbonyl (C=O) groups is 1. The fourth-order valence-electron chi connectivity index (χ4n) is 3.65. The molecule has 0 bridgehead atoms. The van der Waals surface area contributed by atoms with Gasteiger partial charge in [0.2, 0.25) is 0 Å². The Labute approximate surface area is 132 Å². The first-order valence-corrected chi connectivity index (χ1v) is 8.48. The molecule has 2 saturated heterocycles. The highest BCUT2D eigenvalue weighted by Crippen LogP contribution is 2.27. The van der Waals surface area contributed by atoms with Gasteiger partial charge in [-0.05, 0) is 44.1 Å².